The fraction of sp³-hybridized carbons (Fsp3) is 0.647. The molecular formula is C17H27NO3. The molecule has 21 heavy (non-hydrogen) atoms. The molecule has 1 aromatic carbocycles. The summed E-state index contributed by atoms with van der Waals surface area (Å²) in [6.07, 6.45) is 3.17. The van der Waals surface area contributed by atoms with Crippen LogP contribution in [0, 0.1) is 12.8 Å². The zero-order valence-electron chi connectivity index (χ0n) is 12.9. The Morgan fingerprint density at radius 3 is 2.90 bits per heavy atom. The van der Waals surface area contributed by atoms with Crippen molar-refractivity contribution in [3.63, 3.8) is 0 Å². The third-order valence-corrected chi connectivity index (χ3v) is 3.60. The molecule has 1 saturated carbocycles. The van der Waals surface area contributed by atoms with E-state index in [9.17, 15) is 5.11 Å². The number of hydrogen-bond acceptors (Lipinski definition) is 4. The number of hydrogen-bond donors (Lipinski definition) is 2. The SMILES string of the molecule is Cc1ccccc1OCC(O)CNCCCOCC1CC1. The molecule has 0 aliphatic heterocycles. The van der Waals surface area contributed by atoms with Gasteiger partial charge in [-0.2, -0.15) is 0 Å². The van der Waals surface area contributed by atoms with Crippen LogP contribution in [0.3, 0.4) is 0 Å². The second kappa shape index (κ2) is 9.03. The van der Waals surface area contributed by atoms with Gasteiger partial charge in [0.2, 0.25) is 0 Å². The summed E-state index contributed by atoms with van der Waals surface area (Å²) in [6.45, 7) is 5.46. The van der Waals surface area contributed by atoms with Crippen LogP contribution in [0.2, 0.25) is 0 Å². The highest BCUT2D eigenvalue weighted by molar-refractivity contribution is 5.31. The molecule has 1 aliphatic rings. The van der Waals surface area contributed by atoms with Gasteiger partial charge >= 0.3 is 0 Å². The Labute approximate surface area is 127 Å². The summed E-state index contributed by atoms with van der Waals surface area (Å²) in [4.78, 5) is 0. The Balaban J connectivity index is 1.45. The Hall–Kier alpha value is -1.10. The van der Waals surface area contributed by atoms with E-state index in [1.54, 1.807) is 0 Å². The van der Waals surface area contributed by atoms with Gasteiger partial charge < -0.3 is 19.9 Å². The van der Waals surface area contributed by atoms with Crippen molar-refractivity contribution in [2.75, 3.05) is 32.9 Å². The molecule has 1 atom stereocenters. The summed E-state index contributed by atoms with van der Waals surface area (Å²) < 4.78 is 11.2. The summed E-state index contributed by atoms with van der Waals surface area (Å²) >= 11 is 0. The Morgan fingerprint density at radius 1 is 1.33 bits per heavy atom. The van der Waals surface area contributed by atoms with Gasteiger partial charge in [0.05, 0.1) is 0 Å². The quantitative estimate of drug-likeness (QED) is 0.614. The van der Waals surface area contributed by atoms with Crippen molar-refractivity contribution < 1.29 is 14.6 Å². The predicted octanol–water partition coefficient (Wildman–Crippen LogP) is 2.14. The van der Waals surface area contributed by atoms with Gasteiger partial charge in [-0.1, -0.05) is 18.2 Å². The Kier molecular flexibility index (Phi) is 7.00. The molecule has 0 spiro atoms. The minimum absolute atomic E-state index is 0.316. The zero-order chi connectivity index (χ0) is 14.9. The average Bonchev–Trinajstić information content (AvgIpc) is 3.29. The van der Waals surface area contributed by atoms with Crippen molar-refractivity contribution in [1.82, 2.24) is 5.32 Å². The van der Waals surface area contributed by atoms with Crippen LogP contribution in [0.4, 0.5) is 0 Å². The molecule has 1 aliphatic carbocycles. The van der Waals surface area contributed by atoms with Gasteiger partial charge in [-0.3, -0.25) is 0 Å². The lowest BCUT2D eigenvalue weighted by Crippen LogP contribution is -2.32. The Bertz CT molecular complexity index is 407. The second-order valence-corrected chi connectivity index (χ2v) is 5.81. The van der Waals surface area contributed by atoms with E-state index in [1.165, 1.54) is 12.8 Å². The third kappa shape index (κ3) is 6.93. The molecule has 4 heteroatoms. The maximum atomic E-state index is 9.87. The summed E-state index contributed by atoms with van der Waals surface area (Å²) in [6, 6.07) is 7.84. The number of aliphatic hydroxyl groups excluding tert-OH is 1. The minimum atomic E-state index is -0.489. The molecule has 0 saturated heterocycles. The number of nitrogens with one attached hydrogen (secondary N) is 1. The van der Waals surface area contributed by atoms with E-state index in [1.807, 2.05) is 31.2 Å². The molecule has 1 unspecified atom stereocenters. The fourth-order valence-corrected chi connectivity index (χ4v) is 2.07. The van der Waals surface area contributed by atoms with Crippen molar-refractivity contribution >= 4 is 0 Å². The summed E-state index contributed by atoms with van der Waals surface area (Å²) in [5.41, 5.74) is 1.09. The van der Waals surface area contributed by atoms with Crippen LogP contribution in [0.1, 0.15) is 24.8 Å². The number of para-hydroxylation sites is 1. The molecule has 0 amide bonds. The van der Waals surface area contributed by atoms with Crippen molar-refractivity contribution in [3.8, 4) is 5.75 Å². The highest BCUT2D eigenvalue weighted by Gasteiger charge is 2.20. The standard InChI is InChI=1S/C17H27NO3/c1-14-5-2-3-6-17(14)21-13-16(19)11-18-9-4-10-20-12-15-7-8-15/h2-3,5-6,15-16,18-19H,4,7-13H2,1H3. The van der Waals surface area contributed by atoms with Gasteiger partial charge in [-0.05, 0) is 50.3 Å². The molecular weight excluding hydrogens is 266 g/mol. The van der Waals surface area contributed by atoms with Crippen LogP contribution < -0.4 is 10.1 Å². The third-order valence-electron chi connectivity index (χ3n) is 3.60. The van der Waals surface area contributed by atoms with E-state index in [2.05, 4.69) is 5.32 Å². The second-order valence-electron chi connectivity index (χ2n) is 5.81. The molecule has 1 fully saturated rings. The van der Waals surface area contributed by atoms with Gasteiger partial charge in [0.15, 0.2) is 0 Å². The first-order valence-electron chi connectivity index (χ1n) is 7.90. The van der Waals surface area contributed by atoms with E-state index in [0.29, 0.717) is 13.2 Å². The predicted molar refractivity (Wildman–Crippen MR) is 83.7 cm³/mol. The number of ether oxygens (including phenoxy) is 2. The van der Waals surface area contributed by atoms with E-state index < -0.39 is 6.10 Å². The van der Waals surface area contributed by atoms with Crippen molar-refractivity contribution in [2.24, 2.45) is 5.92 Å². The maximum absolute atomic E-state index is 9.87. The number of aryl methyl sites for hydroxylation is 1. The van der Waals surface area contributed by atoms with Crippen LogP contribution in [-0.2, 0) is 4.74 Å². The first kappa shape index (κ1) is 16.3. The van der Waals surface area contributed by atoms with Gasteiger partial charge in [0, 0.05) is 19.8 Å². The molecule has 0 heterocycles. The number of rotatable bonds is 11. The average molecular weight is 293 g/mol. The minimum Gasteiger partial charge on any atom is -0.491 e. The number of benzene rings is 1. The van der Waals surface area contributed by atoms with Crippen LogP contribution in [0.25, 0.3) is 0 Å². The monoisotopic (exact) mass is 293 g/mol. The van der Waals surface area contributed by atoms with Gasteiger partial charge in [-0.25, -0.2) is 0 Å². The van der Waals surface area contributed by atoms with Crippen molar-refractivity contribution in [3.05, 3.63) is 29.8 Å². The fourth-order valence-electron chi connectivity index (χ4n) is 2.07. The summed E-state index contributed by atoms with van der Waals surface area (Å²) in [5.74, 6) is 1.67. The lowest BCUT2D eigenvalue weighted by molar-refractivity contribution is 0.102. The highest BCUT2D eigenvalue weighted by Crippen LogP contribution is 2.28. The van der Waals surface area contributed by atoms with E-state index >= 15 is 0 Å². The first-order chi connectivity index (χ1) is 10.3. The summed E-state index contributed by atoms with van der Waals surface area (Å²) in [7, 11) is 0. The first-order valence-corrected chi connectivity index (χ1v) is 7.90. The topological polar surface area (TPSA) is 50.7 Å². The molecule has 0 bridgehead atoms. The molecule has 2 N–H and O–H groups in total. The molecule has 0 radical (unpaired) electrons. The van der Waals surface area contributed by atoms with Crippen LogP contribution in [0.5, 0.6) is 5.75 Å². The van der Waals surface area contributed by atoms with E-state index in [-0.39, 0.29) is 0 Å². The molecule has 2 rings (SSSR count). The lowest BCUT2D eigenvalue weighted by atomic mass is 10.2. The van der Waals surface area contributed by atoms with Crippen LogP contribution in [0.15, 0.2) is 24.3 Å². The van der Waals surface area contributed by atoms with Crippen molar-refractivity contribution in [2.45, 2.75) is 32.3 Å². The molecule has 4 nitrogen and oxygen atoms in total. The van der Waals surface area contributed by atoms with E-state index in [0.717, 1.165) is 43.4 Å². The molecule has 1 aromatic rings. The molecule has 0 aromatic heterocycles. The lowest BCUT2D eigenvalue weighted by Gasteiger charge is -2.14. The van der Waals surface area contributed by atoms with Crippen LogP contribution in [-0.4, -0.2) is 44.1 Å². The largest absolute Gasteiger partial charge is 0.491 e. The van der Waals surface area contributed by atoms with Crippen LogP contribution >= 0.6 is 0 Å². The van der Waals surface area contributed by atoms with Gasteiger partial charge in [-0.15, -0.1) is 0 Å². The molecule has 118 valence electrons. The van der Waals surface area contributed by atoms with E-state index in [4.69, 9.17) is 9.47 Å². The normalized spacial score (nSPS) is 15.9. The Morgan fingerprint density at radius 2 is 2.14 bits per heavy atom. The van der Waals surface area contributed by atoms with Gasteiger partial charge in [0.1, 0.15) is 18.5 Å². The van der Waals surface area contributed by atoms with Gasteiger partial charge in [0.25, 0.3) is 0 Å². The zero-order valence-corrected chi connectivity index (χ0v) is 12.9. The smallest absolute Gasteiger partial charge is 0.122 e. The highest BCUT2D eigenvalue weighted by atomic mass is 16.5. The number of aliphatic hydroxyl groups is 1. The van der Waals surface area contributed by atoms with Crippen molar-refractivity contribution in [1.29, 1.82) is 0 Å². The maximum Gasteiger partial charge on any atom is 0.122 e. The summed E-state index contributed by atoms with van der Waals surface area (Å²) in [5, 5.41) is 13.1.